The first-order chi connectivity index (χ1) is 10.8. The van der Waals surface area contributed by atoms with Crippen LogP contribution in [0.25, 0.3) is 0 Å². The van der Waals surface area contributed by atoms with Crippen LogP contribution in [0.1, 0.15) is 47.6 Å². The third-order valence-corrected chi connectivity index (χ3v) is 4.27. The van der Waals surface area contributed by atoms with Crippen LogP contribution in [0, 0.1) is 13.8 Å². The second-order valence-corrected chi connectivity index (χ2v) is 6.14. The summed E-state index contributed by atoms with van der Waals surface area (Å²) in [5, 5.41) is 13.2. The van der Waals surface area contributed by atoms with Crippen LogP contribution in [0.3, 0.4) is 0 Å². The number of piperidine rings is 1. The molecule has 23 heavy (non-hydrogen) atoms. The zero-order chi connectivity index (χ0) is 17.0. The molecule has 1 aromatic rings. The highest BCUT2D eigenvalue weighted by Gasteiger charge is 2.36. The summed E-state index contributed by atoms with van der Waals surface area (Å²) >= 11 is 0. The fraction of sp³-hybridized carbons (Fsp3) is 0.625. The molecule has 1 aliphatic heterocycles. The first-order valence-electron chi connectivity index (χ1n) is 7.87. The maximum Gasteiger partial charge on any atom is 0.257 e. The largest absolute Gasteiger partial charge is 0.388 e. The van der Waals surface area contributed by atoms with Crippen LogP contribution in [0.15, 0.2) is 6.20 Å². The lowest BCUT2D eigenvalue weighted by atomic mass is 9.88. The molecule has 1 atom stereocenters. The summed E-state index contributed by atoms with van der Waals surface area (Å²) in [7, 11) is 1.57. The molecule has 7 nitrogen and oxygen atoms in total. The van der Waals surface area contributed by atoms with Gasteiger partial charge in [0.1, 0.15) is 5.82 Å². The molecular weight excluding hydrogens is 296 g/mol. The molecule has 0 saturated carbocycles. The van der Waals surface area contributed by atoms with Gasteiger partial charge in [-0.05, 0) is 33.1 Å². The summed E-state index contributed by atoms with van der Waals surface area (Å²) in [5.74, 6) is 0.352. The van der Waals surface area contributed by atoms with Crippen LogP contribution in [0.5, 0.6) is 0 Å². The van der Waals surface area contributed by atoms with Gasteiger partial charge >= 0.3 is 0 Å². The molecule has 0 radical (unpaired) electrons. The molecular formula is C16H24N4O3. The van der Waals surface area contributed by atoms with E-state index in [1.165, 1.54) is 6.20 Å². The SMILES string of the molecule is CNC(=O)CC[C@@]1(O)CCCN(C(=O)c2cnc(C)nc2C)C1. The maximum atomic E-state index is 12.7. The lowest BCUT2D eigenvalue weighted by molar-refractivity contribution is -0.122. The first-order valence-corrected chi connectivity index (χ1v) is 7.87. The summed E-state index contributed by atoms with van der Waals surface area (Å²) in [5.41, 5.74) is 0.0907. The van der Waals surface area contributed by atoms with Crippen molar-refractivity contribution in [3.8, 4) is 0 Å². The second kappa shape index (κ2) is 7.04. The Hall–Kier alpha value is -2.02. The summed E-state index contributed by atoms with van der Waals surface area (Å²) < 4.78 is 0. The second-order valence-electron chi connectivity index (χ2n) is 6.14. The molecule has 2 rings (SSSR count). The van der Waals surface area contributed by atoms with Gasteiger partial charge in [-0.15, -0.1) is 0 Å². The van der Waals surface area contributed by atoms with Gasteiger partial charge in [0.05, 0.1) is 16.9 Å². The normalized spacial score (nSPS) is 21.1. The van der Waals surface area contributed by atoms with E-state index in [0.29, 0.717) is 42.9 Å². The molecule has 2 heterocycles. The standard InChI is InChI=1S/C16H24N4O3/c1-11-13(9-18-12(2)19-11)15(22)20-8-4-6-16(23,10-20)7-5-14(21)17-3/h9,23H,4-8,10H2,1-3H3,(H,17,21)/t16-/m0/s1. The predicted octanol–water partition coefficient (Wildman–Crippen LogP) is 0.587. The zero-order valence-corrected chi connectivity index (χ0v) is 13.9. The molecule has 1 saturated heterocycles. The Bertz CT molecular complexity index is 605. The highest BCUT2D eigenvalue weighted by molar-refractivity contribution is 5.95. The number of nitrogens with one attached hydrogen (secondary N) is 1. The van der Waals surface area contributed by atoms with Gasteiger partial charge in [0.25, 0.3) is 5.91 Å². The van der Waals surface area contributed by atoms with Gasteiger partial charge in [0, 0.05) is 32.8 Å². The van der Waals surface area contributed by atoms with Gasteiger partial charge in [-0.25, -0.2) is 9.97 Å². The van der Waals surface area contributed by atoms with E-state index in [2.05, 4.69) is 15.3 Å². The van der Waals surface area contributed by atoms with Crippen molar-refractivity contribution < 1.29 is 14.7 Å². The Morgan fingerprint density at radius 1 is 1.43 bits per heavy atom. The van der Waals surface area contributed by atoms with E-state index >= 15 is 0 Å². The number of carbonyl (C=O) groups excluding carboxylic acids is 2. The highest BCUT2D eigenvalue weighted by atomic mass is 16.3. The molecule has 0 aromatic carbocycles. The Balaban J connectivity index is 2.07. The molecule has 0 spiro atoms. The van der Waals surface area contributed by atoms with Gasteiger partial charge in [0.15, 0.2) is 0 Å². The summed E-state index contributed by atoms with van der Waals surface area (Å²) in [6.45, 7) is 4.38. The summed E-state index contributed by atoms with van der Waals surface area (Å²) in [4.78, 5) is 34.0. The van der Waals surface area contributed by atoms with Crippen LogP contribution in [-0.4, -0.2) is 57.5 Å². The number of carbonyl (C=O) groups is 2. The number of β-amino-alcohol motifs (C(OH)–C–C–N with tert-alkyl or cyclic N) is 1. The third kappa shape index (κ3) is 4.25. The van der Waals surface area contributed by atoms with Crippen molar-refractivity contribution in [2.24, 2.45) is 0 Å². The van der Waals surface area contributed by atoms with Crippen molar-refractivity contribution in [1.82, 2.24) is 20.2 Å². The number of likely N-dealkylation sites (tertiary alicyclic amines) is 1. The minimum Gasteiger partial charge on any atom is -0.388 e. The predicted molar refractivity (Wildman–Crippen MR) is 84.9 cm³/mol. The maximum absolute atomic E-state index is 12.7. The van der Waals surface area contributed by atoms with E-state index < -0.39 is 5.60 Å². The van der Waals surface area contributed by atoms with Crippen molar-refractivity contribution in [1.29, 1.82) is 0 Å². The van der Waals surface area contributed by atoms with E-state index in [-0.39, 0.29) is 24.8 Å². The van der Waals surface area contributed by atoms with E-state index in [4.69, 9.17) is 0 Å². The number of amides is 2. The third-order valence-electron chi connectivity index (χ3n) is 4.27. The minimum absolute atomic E-state index is 0.107. The quantitative estimate of drug-likeness (QED) is 0.846. The smallest absolute Gasteiger partial charge is 0.257 e. The Morgan fingerprint density at radius 2 is 2.17 bits per heavy atom. The van der Waals surface area contributed by atoms with Gasteiger partial charge in [-0.2, -0.15) is 0 Å². The molecule has 1 fully saturated rings. The van der Waals surface area contributed by atoms with Crippen LogP contribution in [-0.2, 0) is 4.79 Å². The molecule has 126 valence electrons. The minimum atomic E-state index is -1.01. The summed E-state index contributed by atoms with van der Waals surface area (Å²) in [6, 6.07) is 0. The molecule has 1 aromatic heterocycles. The molecule has 0 unspecified atom stereocenters. The number of rotatable bonds is 4. The van der Waals surface area contributed by atoms with Crippen LogP contribution in [0.4, 0.5) is 0 Å². The van der Waals surface area contributed by atoms with Crippen molar-refractivity contribution in [2.45, 2.75) is 45.1 Å². The van der Waals surface area contributed by atoms with E-state index in [0.717, 1.165) is 0 Å². The Morgan fingerprint density at radius 3 is 2.83 bits per heavy atom. The average molecular weight is 320 g/mol. The van der Waals surface area contributed by atoms with E-state index in [1.807, 2.05) is 0 Å². The topological polar surface area (TPSA) is 95.4 Å². The van der Waals surface area contributed by atoms with Crippen molar-refractivity contribution in [3.05, 3.63) is 23.3 Å². The molecule has 0 aliphatic carbocycles. The molecule has 2 N–H and O–H groups in total. The van der Waals surface area contributed by atoms with Gasteiger partial charge in [0.2, 0.25) is 5.91 Å². The lowest BCUT2D eigenvalue weighted by Crippen LogP contribution is -2.50. The van der Waals surface area contributed by atoms with Crippen LogP contribution < -0.4 is 5.32 Å². The average Bonchev–Trinajstić information content (AvgIpc) is 2.52. The highest BCUT2D eigenvalue weighted by Crippen LogP contribution is 2.27. The monoisotopic (exact) mass is 320 g/mol. The zero-order valence-electron chi connectivity index (χ0n) is 13.9. The molecule has 7 heteroatoms. The van der Waals surface area contributed by atoms with E-state index in [9.17, 15) is 14.7 Å². The molecule has 0 bridgehead atoms. The van der Waals surface area contributed by atoms with Crippen molar-refractivity contribution in [2.75, 3.05) is 20.1 Å². The Kier molecular flexibility index (Phi) is 5.30. The fourth-order valence-corrected chi connectivity index (χ4v) is 2.92. The first kappa shape index (κ1) is 17.3. The number of aromatic nitrogens is 2. The molecule has 2 amide bonds. The van der Waals surface area contributed by atoms with Crippen molar-refractivity contribution >= 4 is 11.8 Å². The van der Waals surface area contributed by atoms with Gasteiger partial charge in [-0.3, -0.25) is 9.59 Å². The number of hydrogen-bond acceptors (Lipinski definition) is 5. The summed E-state index contributed by atoms with van der Waals surface area (Å²) in [6.07, 6.45) is 3.44. The van der Waals surface area contributed by atoms with Gasteiger partial charge < -0.3 is 15.3 Å². The van der Waals surface area contributed by atoms with Crippen LogP contribution in [0.2, 0.25) is 0 Å². The number of nitrogens with zero attached hydrogens (tertiary/aromatic N) is 3. The van der Waals surface area contributed by atoms with Crippen LogP contribution >= 0.6 is 0 Å². The van der Waals surface area contributed by atoms with E-state index in [1.54, 1.807) is 25.8 Å². The number of aliphatic hydroxyl groups is 1. The van der Waals surface area contributed by atoms with Gasteiger partial charge in [-0.1, -0.05) is 0 Å². The lowest BCUT2D eigenvalue weighted by Gasteiger charge is -2.39. The molecule has 1 aliphatic rings. The fourth-order valence-electron chi connectivity index (χ4n) is 2.92. The number of hydrogen-bond donors (Lipinski definition) is 2. The van der Waals surface area contributed by atoms with Crippen molar-refractivity contribution in [3.63, 3.8) is 0 Å². The Labute approximate surface area is 136 Å². The number of aryl methyl sites for hydroxylation is 2.